The number of nitrogens with zero attached hydrogens (tertiary/aromatic N) is 3. The maximum atomic E-state index is 12.2. The number of hydrazine groups is 1. The van der Waals surface area contributed by atoms with Gasteiger partial charge in [-0.1, -0.05) is 11.8 Å². The Hall–Kier alpha value is -1.80. The molecule has 0 radical (unpaired) electrons. The van der Waals surface area contributed by atoms with E-state index in [1.165, 1.54) is 11.8 Å². The first kappa shape index (κ1) is 16.6. The van der Waals surface area contributed by atoms with E-state index in [1.54, 1.807) is 49.6 Å². The largest absolute Gasteiger partial charge is 0.497 e. The van der Waals surface area contributed by atoms with Gasteiger partial charge < -0.3 is 4.74 Å². The number of nitrogens with one attached hydrogen (secondary N) is 1. The van der Waals surface area contributed by atoms with Gasteiger partial charge in [0.1, 0.15) is 5.75 Å². The highest BCUT2D eigenvalue weighted by Gasteiger charge is 2.13. The van der Waals surface area contributed by atoms with E-state index >= 15 is 0 Å². The number of halogens is 1. The summed E-state index contributed by atoms with van der Waals surface area (Å²) in [5.41, 5.74) is 3.30. The van der Waals surface area contributed by atoms with Crippen molar-refractivity contribution in [3.8, 4) is 5.75 Å². The van der Waals surface area contributed by atoms with Crippen molar-refractivity contribution in [2.24, 2.45) is 0 Å². The van der Waals surface area contributed by atoms with E-state index in [9.17, 15) is 4.79 Å². The van der Waals surface area contributed by atoms with Crippen LogP contribution in [0.15, 0.2) is 40.1 Å². The Morgan fingerprint density at radius 1 is 1.36 bits per heavy atom. The molecule has 0 fully saturated rings. The molecule has 1 heterocycles. The van der Waals surface area contributed by atoms with Crippen molar-refractivity contribution in [1.82, 2.24) is 15.4 Å². The van der Waals surface area contributed by atoms with Crippen LogP contribution < -0.4 is 15.2 Å². The van der Waals surface area contributed by atoms with Gasteiger partial charge in [0, 0.05) is 18.8 Å². The highest BCUT2D eigenvalue weighted by molar-refractivity contribution is 9.10. The van der Waals surface area contributed by atoms with Crippen molar-refractivity contribution in [3.63, 3.8) is 0 Å². The quantitative estimate of drug-likeness (QED) is 0.487. The van der Waals surface area contributed by atoms with Gasteiger partial charge in [0.05, 0.1) is 11.6 Å². The lowest BCUT2D eigenvalue weighted by Crippen LogP contribution is -2.40. The standard InChI is InChI=1S/C14H15BrN4O2S/c1-19(12-11(15)8-16-14(17-12)22-3)18-13(20)9-4-6-10(21-2)7-5-9/h4-8H,1-3H3,(H,18,20). The number of rotatable bonds is 5. The summed E-state index contributed by atoms with van der Waals surface area (Å²) < 4.78 is 5.77. The van der Waals surface area contributed by atoms with Gasteiger partial charge in [-0.05, 0) is 46.5 Å². The number of hydrogen-bond acceptors (Lipinski definition) is 6. The van der Waals surface area contributed by atoms with Crippen LogP contribution in [0.4, 0.5) is 5.82 Å². The zero-order valence-electron chi connectivity index (χ0n) is 12.3. The molecule has 2 rings (SSSR count). The molecule has 22 heavy (non-hydrogen) atoms. The number of aromatic nitrogens is 2. The van der Waals surface area contributed by atoms with Gasteiger partial charge in [-0.3, -0.25) is 15.2 Å². The van der Waals surface area contributed by atoms with E-state index in [4.69, 9.17) is 4.74 Å². The minimum atomic E-state index is -0.235. The van der Waals surface area contributed by atoms with Gasteiger partial charge in [-0.15, -0.1) is 0 Å². The Balaban J connectivity index is 2.13. The molecule has 1 amide bonds. The lowest BCUT2D eigenvalue weighted by Gasteiger charge is -2.20. The predicted octanol–water partition coefficient (Wildman–Crippen LogP) is 2.75. The number of thioether (sulfide) groups is 1. The number of carbonyl (C=O) groups excluding carboxylic acids is 1. The SMILES string of the molecule is COc1ccc(C(=O)NN(C)c2nc(SC)ncc2Br)cc1. The molecule has 0 aliphatic heterocycles. The number of amides is 1. The Labute approximate surface area is 141 Å². The molecule has 0 saturated carbocycles. The van der Waals surface area contributed by atoms with E-state index < -0.39 is 0 Å². The summed E-state index contributed by atoms with van der Waals surface area (Å²) in [4.78, 5) is 20.7. The molecule has 0 bridgehead atoms. The fourth-order valence-corrected chi connectivity index (χ4v) is 2.48. The summed E-state index contributed by atoms with van der Waals surface area (Å²) in [7, 11) is 3.30. The average molecular weight is 383 g/mol. The molecule has 6 nitrogen and oxygen atoms in total. The molecule has 0 unspecified atom stereocenters. The van der Waals surface area contributed by atoms with E-state index in [1.807, 2.05) is 6.26 Å². The zero-order valence-corrected chi connectivity index (χ0v) is 14.7. The molecule has 0 atom stereocenters. The summed E-state index contributed by atoms with van der Waals surface area (Å²) in [6.45, 7) is 0. The first-order chi connectivity index (χ1) is 10.5. The summed E-state index contributed by atoms with van der Waals surface area (Å²) in [6, 6.07) is 6.87. The minimum absolute atomic E-state index is 0.235. The van der Waals surface area contributed by atoms with Crippen molar-refractivity contribution in [3.05, 3.63) is 40.5 Å². The van der Waals surface area contributed by atoms with Crippen LogP contribution in [0.5, 0.6) is 5.75 Å². The molecular weight excluding hydrogens is 368 g/mol. The zero-order chi connectivity index (χ0) is 16.1. The third-order valence-electron chi connectivity index (χ3n) is 2.83. The van der Waals surface area contributed by atoms with Crippen LogP contribution in [-0.4, -0.2) is 36.3 Å². The molecule has 8 heteroatoms. The van der Waals surface area contributed by atoms with Gasteiger partial charge in [-0.25, -0.2) is 9.97 Å². The van der Waals surface area contributed by atoms with Crippen LogP contribution in [-0.2, 0) is 0 Å². The maximum Gasteiger partial charge on any atom is 0.269 e. The van der Waals surface area contributed by atoms with Gasteiger partial charge in [0.25, 0.3) is 5.91 Å². The molecule has 0 spiro atoms. The molecule has 2 aromatic rings. The predicted molar refractivity (Wildman–Crippen MR) is 90.4 cm³/mol. The van der Waals surface area contributed by atoms with Crippen molar-refractivity contribution in [1.29, 1.82) is 0 Å². The Morgan fingerprint density at radius 3 is 2.64 bits per heavy atom. The third-order valence-corrected chi connectivity index (χ3v) is 3.95. The second-order valence-electron chi connectivity index (χ2n) is 4.26. The third kappa shape index (κ3) is 3.89. The summed E-state index contributed by atoms with van der Waals surface area (Å²) in [5.74, 6) is 1.05. The Bertz CT molecular complexity index is 666. The molecule has 1 aromatic heterocycles. The number of benzene rings is 1. The Morgan fingerprint density at radius 2 is 2.05 bits per heavy atom. The van der Waals surface area contributed by atoms with E-state index in [2.05, 4.69) is 31.3 Å². The number of carbonyl (C=O) groups is 1. The molecule has 0 aliphatic carbocycles. The van der Waals surface area contributed by atoms with Crippen LogP contribution in [0.25, 0.3) is 0 Å². The highest BCUT2D eigenvalue weighted by Crippen LogP contribution is 2.23. The fraction of sp³-hybridized carbons (Fsp3) is 0.214. The number of methoxy groups -OCH3 is 1. The van der Waals surface area contributed by atoms with Gasteiger partial charge in [0.2, 0.25) is 0 Å². The lowest BCUT2D eigenvalue weighted by atomic mass is 10.2. The number of ether oxygens (including phenoxy) is 1. The number of anilines is 1. The highest BCUT2D eigenvalue weighted by atomic mass is 79.9. The van der Waals surface area contributed by atoms with E-state index in [-0.39, 0.29) is 5.91 Å². The Kier molecular flexibility index (Phi) is 5.62. The van der Waals surface area contributed by atoms with Crippen LogP contribution in [0, 0.1) is 0 Å². The van der Waals surface area contributed by atoms with Crippen LogP contribution in [0.3, 0.4) is 0 Å². The summed E-state index contributed by atoms with van der Waals surface area (Å²) in [5, 5.41) is 2.18. The first-order valence-corrected chi connectivity index (χ1v) is 8.32. The van der Waals surface area contributed by atoms with Crippen molar-refractivity contribution >= 4 is 39.4 Å². The molecule has 0 saturated heterocycles. The second kappa shape index (κ2) is 7.46. The smallest absolute Gasteiger partial charge is 0.269 e. The first-order valence-electron chi connectivity index (χ1n) is 6.30. The molecule has 1 aromatic carbocycles. The normalized spacial score (nSPS) is 10.2. The molecule has 1 N–H and O–H groups in total. The minimum Gasteiger partial charge on any atom is -0.497 e. The maximum absolute atomic E-state index is 12.2. The van der Waals surface area contributed by atoms with Crippen molar-refractivity contribution in [2.45, 2.75) is 5.16 Å². The second-order valence-corrected chi connectivity index (χ2v) is 5.88. The number of hydrogen-bond donors (Lipinski definition) is 1. The molecule has 0 aliphatic rings. The molecular formula is C14H15BrN4O2S. The summed E-state index contributed by atoms with van der Waals surface area (Å²) >= 11 is 4.81. The fourth-order valence-electron chi connectivity index (χ4n) is 1.69. The van der Waals surface area contributed by atoms with E-state index in [0.717, 1.165) is 0 Å². The topological polar surface area (TPSA) is 67.3 Å². The monoisotopic (exact) mass is 382 g/mol. The van der Waals surface area contributed by atoms with E-state index in [0.29, 0.717) is 26.8 Å². The van der Waals surface area contributed by atoms with Crippen molar-refractivity contribution < 1.29 is 9.53 Å². The summed E-state index contributed by atoms with van der Waals surface area (Å²) in [6.07, 6.45) is 3.55. The van der Waals surface area contributed by atoms with Crippen LogP contribution >= 0.6 is 27.7 Å². The van der Waals surface area contributed by atoms with Crippen molar-refractivity contribution in [2.75, 3.05) is 25.4 Å². The van der Waals surface area contributed by atoms with Gasteiger partial charge >= 0.3 is 0 Å². The van der Waals surface area contributed by atoms with Crippen LogP contribution in [0.2, 0.25) is 0 Å². The van der Waals surface area contributed by atoms with Gasteiger partial charge in [0.15, 0.2) is 11.0 Å². The van der Waals surface area contributed by atoms with Crippen LogP contribution in [0.1, 0.15) is 10.4 Å². The molecule has 116 valence electrons. The average Bonchev–Trinajstić information content (AvgIpc) is 2.55. The lowest BCUT2D eigenvalue weighted by molar-refractivity contribution is 0.0951. The van der Waals surface area contributed by atoms with Gasteiger partial charge in [-0.2, -0.15) is 0 Å².